The molecule has 0 saturated heterocycles. The molecule has 1 atom stereocenters. The van der Waals surface area contributed by atoms with Crippen LogP contribution in [0.4, 0.5) is 13.2 Å². The Bertz CT molecular complexity index is 1330. The summed E-state index contributed by atoms with van der Waals surface area (Å²) in [6, 6.07) is 10.9. The molecule has 0 aliphatic carbocycles. The van der Waals surface area contributed by atoms with Crippen LogP contribution in [0.15, 0.2) is 54.9 Å². The van der Waals surface area contributed by atoms with Crippen LogP contribution in [0.1, 0.15) is 39.5 Å². The number of fused-ring (bicyclic) bond motifs is 2. The highest BCUT2D eigenvalue weighted by Gasteiger charge is 2.31. The number of Topliss-reactive ketones (excluding diaryl/α,β-unsaturated/α-hetero) is 1. The third kappa shape index (κ3) is 3.37. The van der Waals surface area contributed by atoms with Crippen LogP contribution in [-0.4, -0.2) is 25.5 Å². The zero-order chi connectivity index (χ0) is 21.8. The lowest BCUT2D eigenvalue weighted by molar-refractivity contribution is -0.137. The van der Waals surface area contributed by atoms with Gasteiger partial charge in [-0.25, -0.2) is 9.97 Å². The van der Waals surface area contributed by atoms with E-state index in [0.717, 1.165) is 28.8 Å². The molecule has 1 aliphatic heterocycles. The molecule has 0 N–H and O–H groups in total. The van der Waals surface area contributed by atoms with Crippen molar-refractivity contribution in [2.24, 2.45) is 0 Å². The summed E-state index contributed by atoms with van der Waals surface area (Å²) in [4.78, 5) is 21.6. The van der Waals surface area contributed by atoms with E-state index < -0.39 is 11.7 Å². The molecule has 156 valence electrons. The standard InChI is InChI=1S/C23H17F3N4O/c1-13-10-14(2-4-17(13)18-7-9-30-20(21(18)31)6-8-28-30)22-27-12-15-11-16(23(24,25)26)3-5-19(15)29-22/h2-6,8,10-12,18H,7,9H2,1H3. The van der Waals surface area contributed by atoms with Gasteiger partial charge in [0.1, 0.15) is 5.69 Å². The molecule has 1 aliphatic rings. The summed E-state index contributed by atoms with van der Waals surface area (Å²) in [6.45, 7) is 2.63. The van der Waals surface area contributed by atoms with Gasteiger partial charge < -0.3 is 0 Å². The number of rotatable bonds is 2. The summed E-state index contributed by atoms with van der Waals surface area (Å²) >= 11 is 0. The number of aryl methyl sites for hydroxylation is 2. The topological polar surface area (TPSA) is 60.7 Å². The van der Waals surface area contributed by atoms with Gasteiger partial charge in [-0.2, -0.15) is 18.3 Å². The van der Waals surface area contributed by atoms with Crippen molar-refractivity contribution in [1.29, 1.82) is 0 Å². The van der Waals surface area contributed by atoms with Crippen molar-refractivity contribution in [1.82, 2.24) is 19.7 Å². The Morgan fingerprint density at radius 3 is 2.71 bits per heavy atom. The summed E-state index contributed by atoms with van der Waals surface area (Å²) in [5, 5.41) is 4.50. The van der Waals surface area contributed by atoms with E-state index in [9.17, 15) is 18.0 Å². The molecule has 8 heteroatoms. The molecule has 0 spiro atoms. The molecule has 2 aromatic heterocycles. The van der Waals surface area contributed by atoms with Gasteiger partial charge in [0, 0.05) is 29.9 Å². The average molecular weight is 422 g/mol. The summed E-state index contributed by atoms with van der Waals surface area (Å²) in [6.07, 6.45) is -0.683. The quantitative estimate of drug-likeness (QED) is 0.446. The lowest BCUT2D eigenvalue weighted by atomic mass is 9.85. The SMILES string of the molecule is Cc1cc(-c2ncc3cc(C(F)(F)F)ccc3n2)ccc1C1CCn2nccc2C1=O. The molecular formula is C23H17F3N4O. The van der Waals surface area contributed by atoms with Crippen molar-refractivity contribution < 1.29 is 18.0 Å². The zero-order valence-corrected chi connectivity index (χ0v) is 16.5. The largest absolute Gasteiger partial charge is 0.416 e. The van der Waals surface area contributed by atoms with Crippen LogP contribution in [0.5, 0.6) is 0 Å². The molecule has 0 saturated carbocycles. The van der Waals surface area contributed by atoms with Crippen LogP contribution >= 0.6 is 0 Å². The number of halogens is 3. The molecule has 0 radical (unpaired) electrons. The Labute approximate surface area is 175 Å². The molecule has 1 unspecified atom stereocenters. The van der Waals surface area contributed by atoms with E-state index in [2.05, 4.69) is 15.1 Å². The third-order valence-corrected chi connectivity index (χ3v) is 5.73. The smallest absolute Gasteiger partial charge is 0.292 e. The molecule has 5 rings (SSSR count). The maximum atomic E-state index is 12.9. The van der Waals surface area contributed by atoms with Crippen LogP contribution in [0, 0.1) is 6.92 Å². The molecule has 0 amide bonds. The Balaban J connectivity index is 1.47. The highest BCUT2D eigenvalue weighted by atomic mass is 19.4. The minimum atomic E-state index is -4.41. The van der Waals surface area contributed by atoms with E-state index in [0.29, 0.717) is 35.4 Å². The summed E-state index contributed by atoms with van der Waals surface area (Å²) in [5.41, 5.74) is 2.98. The zero-order valence-electron chi connectivity index (χ0n) is 16.5. The molecule has 0 fully saturated rings. The van der Waals surface area contributed by atoms with Gasteiger partial charge in [0.05, 0.1) is 17.0 Å². The van der Waals surface area contributed by atoms with E-state index in [4.69, 9.17) is 0 Å². The van der Waals surface area contributed by atoms with Crippen LogP contribution in [0.3, 0.4) is 0 Å². The number of hydrogen-bond acceptors (Lipinski definition) is 4. The van der Waals surface area contributed by atoms with Gasteiger partial charge in [-0.3, -0.25) is 9.48 Å². The number of benzene rings is 2. The van der Waals surface area contributed by atoms with E-state index in [1.165, 1.54) is 12.3 Å². The first-order valence-corrected chi connectivity index (χ1v) is 9.82. The van der Waals surface area contributed by atoms with Crippen LogP contribution < -0.4 is 0 Å². The number of ketones is 1. The Morgan fingerprint density at radius 1 is 1.10 bits per heavy atom. The predicted molar refractivity (Wildman–Crippen MR) is 109 cm³/mol. The van der Waals surface area contributed by atoms with Gasteiger partial charge in [0.25, 0.3) is 0 Å². The molecule has 5 nitrogen and oxygen atoms in total. The Hall–Kier alpha value is -3.55. The molecule has 2 aromatic carbocycles. The summed E-state index contributed by atoms with van der Waals surface area (Å²) in [7, 11) is 0. The van der Waals surface area contributed by atoms with Gasteiger partial charge in [0.15, 0.2) is 11.6 Å². The highest BCUT2D eigenvalue weighted by Crippen LogP contribution is 2.34. The van der Waals surface area contributed by atoms with E-state index in [1.807, 2.05) is 25.1 Å². The molecule has 0 bridgehead atoms. The molecule has 31 heavy (non-hydrogen) atoms. The van der Waals surface area contributed by atoms with Crippen molar-refractivity contribution in [3.8, 4) is 11.4 Å². The first kappa shape index (κ1) is 19.4. The Kier molecular flexibility index (Phi) is 4.39. The average Bonchev–Trinajstić information content (AvgIpc) is 3.23. The second kappa shape index (κ2) is 7.01. The third-order valence-electron chi connectivity index (χ3n) is 5.73. The first-order valence-electron chi connectivity index (χ1n) is 9.82. The summed E-state index contributed by atoms with van der Waals surface area (Å²) < 4.78 is 40.5. The van der Waals surface area contributed by atoms with Crippen molar-refractivity contribution >= 4 is 16.7 Å². The monoisotopic (exact) mass is 422 g/mol. The van der Waals surface area contributed by atoms with E-state index in [1.54, 1.807) is 16.9 Å². The minimum Gasteiger partial charge on any atom is -0.292 e. The van der Waals surface area contributed by atoms with Crippen molar-refractivity contribution in [3.05, 3.63) is 77.2 Å². The van der Waals surface area contributed by atoms with Gasteiger partial charge >= 0.3 is 6.18 Å². The number of carbonyl (C=O) groups excluding carboxylic acids is 1. The summed E-state index contributed by atoms with van der Waals surface area (Å²) in [5.74, 6) is 0.258. The normalized spacial score (nSPS) is 16.5. The fourth-order valence-electron chi connectivity index (χ4n) is 4.13. The fourth-order valence-corrected chi connectivity index (χ4v) is 4.13. The van der Waals surface area contributed by atoms with Crippen LogP contribution in [-0.2, 0) is 12.7 Å². The predicted octanol–water partition coefficient (Wildman–Crippen LogP) is 5.19. The number of alkyl halides is 3. The van der Waals surface area contributed by atoms with Crippen molar-refractivity contribution in [2.75, 3.05) is 0 Å². The molecular weight excluding hydrogens is 405 g/mol. The number of aromatic nitrogens is 4. The lowest BCUT2D eigenvalue weighted by Crippen LogP contribution is -2.25. The Morgan fingerprint density at radius 2 is 1.94 bits per heavy atom. The van der Waals surface area contributed by atoms with Gasteiger partial charge in [-0.15, -0.1) is 0 Å². The maximum absolute atomic E-state index is 12.9. The highest BCUT2D eigenvalue weighted by molar-refractivity contribution is 6.00. The maximum Gasteiger partial charge on any atom is 0.416 e. The second-order valence-electron chi connectivity index (χ2n) is 7.68. The fraction of sp³-hybridized carbons (Fsp3) is 0.217. The molecule has 4 aromatic rings. The number of nitrogens with zero attached hydrogens (tertiary/aromatic N) is 4. The van der Waals surface area contributed by atoms with Crippen LogP contribution in [0.2, 0.25) is 0 Å². The van der Waals surface area contributed by atoms with Gasteiger partial charge in [0.2, 0.25) is 0 Å². The number of carbonyl (C=O) groups is 1. The van der Waals surface area contributed by atoms with Crippen molar-refractivity contribution in [3.63, 3.8) is 0 Å². The van der Waals surface area contributed by atoms with Crippen LogP contribution in [0.25, 0.3) is 22.3 Å². The van der Waals surface area contributed by atoms with E-state index in [-0.39, 0.29) is 11.7 Å². The van der Waals surface area contributed by atoms with Gasteiger partial charge in [-0.05, 0) is 54.8 Å². The second-order valence-corrected chi connectivity index (χ2v) is 7.68. The lowest BCUT2D eigenvalue weighted by Gasteiger charge is -2.24. The minimum absolute atomic E-state index is 0.0574. The van der Waals surface area contributed by atoms with Gasteiger partial charge in [-0.1, -0.05) is 12.1 Å². The molecule has 3 heterocycles. The van der Waals surface area contributed by atoms with E-state index >= 15 is 0 Å². The first-order chi connectivity index (χ1) is 14.8. The van der Waals surface area contributed by atoms with Crippen molar-refractivity contribution in [2.45, 2.75) is 32.0 Å². The number of hydrogen-bond donors (Lipinski definition) is 0.